The zero-order chi connectivity index (χ0) is 7.28. The van der Waals surface area contributed by atoms with Gasteiger partial charge in [-0.15, -0.1) is 0 Å². The van der Waals surface area contributed by atoms with Crippen molar-refractivity contribution in [2.45, 2.75) is 6.92 Å². The molecule has 0 aliphatic heterocycles. The molecule has 4 nitrogen and oxygen atoms in total. The van der Waals surface area contributed by atoms with Crippen LogP contribution in [0.3, 0.4) is 0 Å². The Balaban J connectivity index is 3.28. The Morgan fingerprint density at radius 2 is 2.11 bits per heavy atom. The molecule has 0 aliphatic rings. The van der Waals surface area contributed by atoms with E-state index in [1.54, 1.807) is 0 Å². The average Bonchev–Trinajstić information content (AvgIpc) is 1.83. The lowest BCUT2D eigenvalue weighted by atomic mass is 10.6. The topological polar surface area (TPSA) is 58.2 Å². The van der Waals surface area contributed by atoms with Crippen LogP contribution in [0.15, 0.2) is 0 Å². The molecule has 0 aliphatic carbocycles. The van der Waals surface area contributed by atoms with Crippen molar-refractivity contribution in [3.05, 3.63) is 0 Å². The first-order valence-electron chi connectivity index (χ1n) is 2.62. The zero-order valence-electron chi connectivity index (χ0n) is 5.52. The molecule has 9 heavy (non-hydrogen) atoms. The van der Waals surface area contributed by atoms with Crippen molar-refractivity contribution in [3.63, 3.8) is 0 Å². The molecule has 0 heterocycles. The van der Waals surface area contributed by atoms with E-state index in [0.717, 1.165) is 0 Å². The van der Waals surface area contributed by atoms with E-state index in [0.29, 0.717) is 10.4 Å². The quantitative estimate of drug-likeness (QED) is 0.424. The van der Waals surface area contributed by atoms with Gasteiger partial charge in [0.1, 0.15) is 10.4 Å². The maximum absolute atomic E-state index is 10.4. The molecule has 0 bridgehead atoms. The van der Waals surface area contributed by atoms with Crippen LogP contribution in [0.1, 0.15) is 6.92 Å². The smallest absolute Gasteiger partial charge is 0.230 e. The highest BCUT2D eigenvalue weighted by molar-refractivity contribution is 6.14. The van der Waals surface area contributed by atoms with E-state index in [-0.39, 0.29) is 18.4 Å². The Bertz CT molecular complexity index is 126. The maximum Gasteiger partial charge on any atom is 0.230 e. The Hall–Kier alpha value is -0.843. The van der Waals surface area contributed by atoms with E-state index in [1.165, 1.54) is 6.92 Å². The van der Waals surface area contributed by atoms with E-state index in [2.05, 4.69) is 10.3 Å². The van der Waals surface area contributed by atoms with Gasteiger partial charge >= 0.3 is 0 Å². The second-order valence-corrected chi connectivity index (χ2v) is 2.08. The van der Waals surface area contributed by atoms with Crippen molar-refractivity contribution < 1.29 is 9.59 Å². The van der Waals surface area contributed by atoms with Gasteiger partial charge in [-0.05, 0) is 0 Å². The van der Waals surface area contributed by atoms with Gasteiger partial charge in [0.2, 0.25) is 11.8 Å². The van der Waals surface area contributed by atoms with E-state index >= 15 is 0 Å². The van der Waals surface area contributed by atoms with Gasteiger partial charge in [0.05, 0.1) is 6.54 Å². The maximum atomic E-state index is 10.4. The van der Waals surface area contributed by atoms with Gasteiger partial charge in [0.15, 0.2) is 0 Å². The molecule has 5 heteroatoms. The lowest BCUT2D eigenvalue weighted by Crippen LogP contribution is -2.34. The predicted octanol–water partition coefficient (Wildman–Crippen LogP) is -2.48. The molecule has 0 aromatic carbocycles. The minimum Gasteiger partial charge on any atom is -0.389 e. The summed E-state index contributed by atoms with van der Waals surface area (Å²) in [6, 6.07) is 0. The number of rotatable bonds is 2. The van der Waals surface area contributed by atoms with Gasteiger partial charge in [-0.3, -0.25) is 9.59 Å². The first kappa shape index (κ1) is 8.16. The molecule has 0 atom stereocenters. The molecule has 0 radical (unpaired) electrons. The Morgan fingerprint density at radius 1 is 1.56 bits per heavy atom. The van der Waals surface area contributed by atoms with E-state index in [4.69, 9.17) is 0 Å². The van der Waals surface area contributed by atoms with Gasteiger partial charge < -0.3 is 10.3 Å². The van der Waals surface area contributed by atoms with Crippen LogP contribution in [-0.2, 0) is 9.59 Å². The zero-order valence-corrected chi connectivity index (χ0v) is 7.52. The van der Waals surface area contributed by atoms with Crippen LogP contribution >= 0.6 is 0 Å². The summed E-state index contributed by atoms with van der Waals surface area (Å²) in [5.41, 5.74) is 0. The van der Waals surface area contributed by atoms with Crippen LogP contribution < -0.4 is 10.3 Å². The summed E-state index contributed by atoms with van der Waals surface area (Å²) >= 11 is 0. The molecule has 0 spiro atoms. The number of carbonyl (C=O) groups is 2. The van der Waals surface area contributed by atoms with Gasteiger partial charge in [0, 0.05) is 6.92 Å². The van der Waals surface area contributed by atoms with Crippen molar-refractivity contribution in [2.75, 3.05) is 6.54 Å². The molecule has 0 aromatic heterocycles. The van der Waals surface area contributed by atoms with Crippen molar-refractivity contribution in [1.29, 1.82) is 0 Å². The van der Waals surface area contributed by atoms with Crippen molar-refractivity contribution >= 4 is 22.2 Å². The first-order chi connectivity index (χ1) is 4.16. The fraction of sp³-hybridized carbons (Fsp3) is 0.500. The van der Waals surface area contributed by atoms with Gasteiger partial charge in [-0.25, -0.2) is 0 Å². The lowest BCUT2D eigenvalue weighted by molar-refractivity contribution is -0.124. The Morgan fingerprint density at radius 3 is 2.44 bits per heavy atom. The molecule has 0 aromatic rings. The lowest BCUT2D eigenvalue weighted by Gasteiger charge is -1.98. The van der Waals surface area contributed by atoms with Crippen LogP contribution in [0, 0.1) is 0 Å². The highest BCUT2D eigenvalue weighted by Gasteiger charge is 1.95. The van der Waals surface area contributed by atoms with Crippen LogP contribution in [-0.4, -0.2) is 28.8 Å². The van der Waals surface area contributed by atoms with Gasteiger partial charge in [0.25, 0.3) is 0 Å². The number of hydrogen-bond acceptors (Lipinski definition) is 2. The molecular formula is C4H10N2O2Si. The third kappa shape index (κ3) is 5.02. The van der Waals surface area contributed by atoms with Gasteiger partial charge in [-0.2, -0.15) is 0 Å². The number of hydrogen-bond donors (Lipinski definition) is 2. The number of amides is 2. The first-order valence-corrected chi connectivity index (χ1v) is 3.62. The molecule has 0 fully saturated rings. The fourth-order valence-corrected chi connectivity index (χ4v) is 0.470. The second kappa shape index (κ2) is 4.08. The SMILES string of the molecule is CC(=O)NCC(=O)N[SiH3]. The molecular weight excluding hydrogens is 136 g/mol. The average molecular weight is 146 g/mol. The Kier molecular flexibility index (Phi) is 3.70. The van der Waals surface area contributed by atoms with Gasteiger partial charge in [-0.1, -0.05) is 0 Å². The number of nitrogens with one attached hydrogen (secondary N) is 2. The standard InChI is InChI=1S/C4H10N2O2Si/c1-3(7)5-2-4(8)6-9/h2H2,1,9H3,(H,5,7)(H,6,8). The molecule has 2 amide bonds. The summed E-state index contributed by atoms with van der Waals surface area (Å²) in [4.78, 5) is 23.1. The van der Waals surface area contributed by atoms with Crippen molar-refractivity contribution in [3.8, 4) is 0 Å². The molecule has 0 saturated heterocycles. The van der Waals surface area contributed by atoms with E-state index in [1.807, 2.05) is 0 Å². The summed E-state index contributed by atoms with van der Waals surface area (Å²) in [7, 11) is 0.632. The molecule has 0 saturated carbocycles. The largest absolute Gasteiger partial charge is 0.389 e. The summed E-state index contributed by atoms with van der Waals surface area (Å²) in [5, 5.41) is 2.37. The van der Waals surface area contributed by atoms with Crippen LogP contribution in [0.5, 0.6) is 0 Å². The second-order valence-electron chi connectivity index (χ2n) is 1.58. The summed E-state index contributed by atoms with van der Waals surface area (Å²) in [6.45, 7) is 1.47. The van der Waals surface area contributed by atoms with Crippen molar-refractivity contribution in [1.82, 2.24) is 10.3 Å². The monoisotopic (exact) mass is 146 g/mol. The molecule has 2 N–H and O–H groups in total. The normalized spacial score (nSPS) is 8.56. The van der Waals surface area contributed by atoms with E-state index < -0.39 is 0 Å². The highest BCUT2D eigenvalue weighted by Crippen LogP contribution is 1.60. The minimum absolute atomic E-state index is 0.0961. The molecule has 52 valence electrons. The predicted molar refractivity (Wildman–Crippen MR) is 36.8 cm³/mol. The summed E-state index contributed by atoms with van der Waals surface area (Å²) < 4.78 is 0. The van der Waals surface area contributed by atoms with Crippen molar-refractivity contribution in [2.24, 2.45) is 0 Å². The van der Waals surface area contributed by atoms with Crippen LogP contribution in [0.2, 0.25) is 0 Å². The summed E-state index contributed by atoms with van der Waals surface area (Å²) in [6.07, 6.45) is 0. The highest BCUT2D eigenvalue weighted by atomic mass is 28.2. The number of carbonyl (C=O) groups excluding carboxylic acids is 2. The summed E-state index contributed by atoms with van der Waals surface area (Å²) in [5.74, 6) is -0.308. The van der Waals surface area contributed by atoms with Crippen LogP contribution in [0.4, 0.5) is 0 Å². The molecule has 0 unspecified atom stereocenters. The third-order valence-electron chi connectivity index (χ3n) is 0.777. The minimum atomic E-state index is -0.180. The molecule has 0 rings (SSSR count). The third-order valence-corrected chi connectivity index (χ3v) is 1.33. The van der Waals surface area contributed by atoms with E-state index in [9.17, 15) is 9.59 Å². The Labute approximate surface area is 56.5 Å². The fourth-order valence-electron chi connectivity index (χ4n) is 0.293. The van der Waals surface area contributed by atoms with Crippen LogP contribution in [0.25, 0.3) is 0 Å².